The molecule has 3 heterocycles. The molecule has 0 aliphatic carbocycles. The summed E-state index contributed by atoms with van der Waals surface area (Å²) in [5.41, 5.74) is 0.587. The van der Waals surface area contributed by atoms with Crippen LogP contribution in [0, 0.1) is 5.92 Å². The standard InChI is InChI=1S/C21H28N4O3/c1-2-3-11-24-18-10-12-23(13-15(18)8-9-19(24)26)20(27)14-25-21(28)16-6-4-5-7-17(16)22-25/h4-7,15,18,22H,2-3,8-14H2,1H3/t15-,18+/m0/s1. The van der Waals surface area contributed by atoms with Crippen LogP contribution in [0.15, 0.2) is 29.1 Å². The summed E-state index contributed by atoms with van der Waals surface area (Å²) in [7, 11) is 0. The molecule has 2 fully saturated rings. The van der Waals surface area contributed by atoms with Crippen molar-refractivity contribution in [2.75, 3.05) is 19.6 Å². The molecular formula is C21H28N4O3. The second kappa shape index (κ2) is 7.81. The molecule has 0 spiro atoms. The van der Waals surface area contributed by atoms with Crippen molar-refractivity contribution in [2.45, 2.75) is 51.6 Å². The highest BCUT2D eigenvalue weighted by Crippen LogP contribution is 2.31. The first-order valence-electron chi connectivity index (χ1n) is 10.3. The van der Waals surface area contributed by atoms with Gasteiger partial charge in [0, 0.05) is 32.1 Å². The molecule has 1 aromatic carbocycles. The van der Waals surface area contributed by atoms with Gasteiger partial charge in [-0.1, -0.05) is 25.5 Å². The molecule has 2 aliphatic rings. The summed E-state index contributed by atoms with van der Waals surface area (Å²) in [6.07, 6.45) is 4.36. The van der Waals surface area contributed by atoms with Crippen LogP contribution in [0.1, 0.15) is 39.0 Å². The van der Waals surface area contributed by atoms with E-state index in [-0.39, 0.29) is 30.0 Å². The normalized spacial score (nSPS) is 22.5. The number of hydrogen-bond donors (Lipinski definition) is 1. The Morgan fingerprint density at radius 3 is 2.82 bits per heavy atom. The number of carbonyl (C=O) groups excluding carboxylic acids is 2. The molecule has 7 nitrogen and oxygen atoms in total. The van der Waals surface area contributed by atoms with Gasteiger partial charge in [0.05, 0.1) is 10.9 Å². The van der Waals surface area contributed by atoms with Crippen molar-refractivity contribution in [1.82, 2.24) is 19.6 Å². The fourth-order valence-corrected chi connectivity index (χ4v) is 4.65. The Morgan fingerprint density at radius 2 is 2.04 bits per heavy atom. The molecular weight excluding hydrogens is 356 g/mol. The molecule has 0 unspecified atom stereocenters. The zero-order valence-corrected chi connectivity index (χ0v) is 16.4. The summed E-state index contributed by atoms with van der Waals surface area (Å²) in [6, 6.07) is 7.55. The number of amides is 2. The number of likely N-dealkylation sites (tertiary alicyclic amines) is 2. The molecule has 28 heavy (non-hydrogen) atoms. The van der Waals surface area contributed by atoms with E-state index in [0.29, 0.717) is 30.8 Å². The number of nitrogens with one attached hydrogen (secondary N) is 1. The average Bonchev–Trinajstić information content (AvgIpc) is 3.02. The topological polar surface area (TPSA) is 78.4 Å². The Balaban J connectivity index is 1.43. The third-order valence-corrected chi connectivity index (χ3v) is 6.20. The minimum atomic E-state index is -0.159. The van der Waals surface area contributed by atoms with Crippen molar-refractivity contribution in [3.05, 3.63) is 34.6 Å². The minimum absolute atomic E-state index is 0.0311. The van der Waals surface area contributed by atoms with E-state index in [2.05, 4.69) is 16.9 Å². The van der Waals surface area contributed by atoms with E-state index < -0.39 is 0 Å². The number of hydrogen-bond acceptors (Lipinski definition) is 3. The van der Waals surface area contributed by atoms with E-state index in [1.54, 1.807) is 6.07 Å². The fraction of sp³-hybridized carbons (Fsp3) is 0.571. The third kappa shape index (κ3) is 3.45. The molecule has 2 saturated heterocycles. The Kier molecular flexibility index (Phi) is 5.24. The van der Waals surface area contributed by atoms with E-state index in [9.17, 15) is 14.4 Å². The van der Waals surface area contributed by atoms with E-state index in [4.69, 9.17) is 0 Å². The lowest BCUT2D eigenvalue weighted by Gasteiger charge is -2.47. The van der Waals surface area contributed by atoms with E-state index in [1.807, 2.05) is 23.1 Å². The second-order valence-corrected chi connectivity index (χ2v) is 7.98. The van der Waals surface area contributed by atoms with Gasteiger partial charge in [-0.15, -0.1) is 0 Å². The Bertz CT molecular complexity index is 931. The van der Waals surface area contributed by atoms with Crippen molar-refractivity contribution < 1.29 is 9.59 Å². The molecule has 2 amide bonds. The summed E-state index contributed by atoms with van der Waals surface area (Å²) in [4.78, 5) is 41.6. The first-order chi connectivity index (χ1) is 13.6. The molecule has 7 heteroatoms. The summed E-state index contributed by atoms with van der Waals surface area (Å²) in [5.74, 6) is 0.565. The van der Waals surface area contributed by atoms with Crippen LogP contribution >= 0.6 is 0 Å². The molecule has 2 aromatic rings. The number of benzene rings is 1. The van der Waals surface area contributed by atoms with Crippen molar-refractivity contribution in [3.8, 4) is 0 Å². The number of rotatable bonds is 5. The number of fused-ring (bicyclic) bond motifs is 2. The monoisotopic (exact) mass is 384 g/mol. The lowest BCUT2D eigenvalue weighted by molar-refractivity contribution is -0.144. The highest BCUT2D eigenvalue weighted by molar-refractivity contribution is 5.80. The number of para-hydroxylation sites is 1. The van der Waals surface area contributed by atoms with E-state index in [0.717, 1.165) is 37.7 Å². The van der Waals surface area contributed by atoms with Crippen LogP contribution in [0.25, 0.3) is 10.9 Å². The molecule has 2 aliphatic heterocycles. The maximum absolute atomic E-state index is 12.9. The second-order valence-electron chi connectivity index (χ2n) is 7.98. The Morgan fingerprint density at radius 1 is 1.21 bits per heavy atom. The van der Waals surface area contributed by atoms with Gasteiger partial charge in [0.2, 0.25) is 11.8 Å². The van der Waals surface area contributed by atoms with Crippen LogP contribution in [-0.4, -0.2) is 57.1 Å². The summed E-state index contributed by atoms with van der Waals surface area (Å²) in [5, 5.41) is 3.63. The number of nitrogens with zero attached hydrogens (tertiary/aromatic N) is 3. The molecule has 4 rings (SSSR count). The minimum Gasteiger partial charge on any atom is -0.341 e. The first kappa shape index (κ1) is 18.8. The van der Waals surface area contributed by atoms with Crippen LogP contribution in [0.5, 0.6) is 0 Å². The van der Waals surface area contributed by atoms with Crippen molar-refractivity contribution in [1.29, 1.82) is 0 Å². The summed E-state index contributed by atoms with van der Waals surface area (Å²) >= 11 is 0. The quantitative estimate of drug-likeness (QED) is 0.856. The molecule has 0 radical (unpaired) electrons. The van der Waals surface area contributed by atoms with Gasteiger partial charge in [-0.2, -0.15) is 0 Å². The maximum Gasteiger partial charge on any atom is 0.274 e. The van der Waals surface area contributed by atoms with E-state index in [1.165, 1.54) is 4.68 Å². The number of aromatic nitrogens is 2. The number of H-pyrrole nitrogens is 1. The zero-order chi connectivity index (χ0) is 19.7. The average molecular weight is 384 g/mol. The van der Waals surface area contributed by atoms with Crippen LogP contribution in [0.2, 0.25) is 0 Å². The highest BCUT2D eigenvalue weighted by atomic mass is 16.2. The summed E-state index contributed by atoms with van der Waals surface area (Å²) < 4.78 is 1.40. The molecule has 150 valence electrons. The Hall–Kier alpha value is -2.57. The molecule has 2 atom stereocenters. The van der Waals surface area contributed by atoms with Gasteiger partial charge in [0.25, 0.3) is 5.56 Å². The first-order valence-corrected chi connectivity index (χ1v) is 10.3. The largest absolute Gasteiger partial charge is 0.341 e. The van der Waals surface area contributed by atoms with Gasteiger partial charge in [-0.05, 0) is 37.3 Å². The van der Waals surface area contributed by atoms with Crippen molar-refractivity contribution in [3.63, 3.8) is 0 Å². The van der Waals surface area contributed by atoms with Crippen LogP contribution in [-0.2, 0) is 16.1 Å². The van der Waals surface area contributed by atoms with Gasteiger partial charge in [-0.3, -0.25) is 19.5 Å². The van der Waals surface area contributed by atoms with Gasteiger partial charge in [0.1, 0.15) is 6.54 Å². The predicted octanol–water partition coefficient (Wildman–Crippen LogP) is 1.97. The Labute approximate surface area is 164 Å². The molecule has 0 saturated carbocycles. The van der Waals surface area contributed by atoms with Crippen LogP contribution < -0.4 is 5.56 Å². The van der Waals surface area contributed by atoms with Crippen LogP contribution in [0.3, 0.4) is 0 Å². The number of piperidine rings is 2. The lowest BCUT2D eigenvalue weighted by Crippen LogP contribution is -2.57. The van der Waals surface area contributed by atoms with Crippen molar-refractivity contribution >= 4 is 22.7 Å². The predicted molar refractivity (Wildman–Crippen MR) is 107 cm³/mol. The maximum atomic E-state index is 12.9. The van der Waals surface area contributed by atoms with Gasteiger partial charge in [0.15, 0.2) is 0 Å². The number of carbonyl (C=O) groups is 2. The zero-order valence-electron chi connectivity index (χ0n) is 16.4. The van der Waals surface area contributed by atoms with Crippen molar-refractivity contribution in [2.24, 2.45) is 5.92 Å². The fourth-order valence-electron chi connectivity index (χ4n) is 4.65. The molecule has 0 bridgehead atoms. The summed E-state index contributed by atoms with van der Waals surface area (Å²) in [6.45, 7) is 4.32. The van der Waals surface area contributed by atoms with Gasteiger partial charge < -0.3 is 9.80 Å². The lowest BCUT2D eigenvalue weighted by atomic mass is 9.83. The highest BCUT2D eigenvalue weighted by Gasteiger charge is 2.40. The molecule has 1 aromatic heterocycles. The van der Waals surface area contributed by atoms with E-state index >= 15 is 0 Å². The number of unbranched alkanes of at least 4 members (excludes halogenated alkanes) is 1. The van der Waals surface area contributed by atoms with Gasteiger partial charge in [-0.25, -0.2) is 4.68 Å². The number of aromatic amines is 1. The SMILES string of the molecule is CCCCN1C(=O)CC[C@H]2CN(C(=O)Cn3[nH]c4ccccc4c3=O)CC[C@H]21. The van der Waals surface area contributed by atoms with Crippen LogP contribution in [0.4, 0.5) is 0 Å². The molecule has 1 N–H and O–H groups in total. The smallest absolute Gasteiger partial charge is 0.274 e. The third-order valence-electron chi connectivity index (χ3n) is 6.20. The van der Waals surface area contributed by atoms with Gasteiger partial charge >= 0.3 is 0 Å².